The highest BCUT2D eigenvalue weighted by Crippen LogP contribution is 2.13. The normalized spacial score (nSPS) is 16.7. The van der Waals surface area contributed by atoms with Crippen molar-refractivity contribution in [1.29, 1.82) is 0 Å². The number of amides is 2. The second kappa shape index (κ2) is 6.91. The Morgan fingerprint density at radius 2 is 1.67 bits per heavy atom. The number of carbonyl (C=O) groups excluding carboxylic acids is 2. The first-order valence-corrected chi connectivity index (χ1v) is 7.43. The maximum Gasteiger partial charge on any atom is 0.253 e. The van der Waals surface area contributed by atoms with Gasteiger partial charge in [0, 0.05) is 49.2 Å². The highest BCUT2D eigenvalue weighted by Gasteiger charge is 2.24. The summed E-state index contributed by atoms with van der Waals surface area (Å²) < 4.78 is 0. The van der Waals surface area contributed by atoms with Gasteiger partial charge < -0.3 is 15.5 Å². The Morgan fingerprint density at radius 3 is 2.19 bits per heavy atom. The molecule has 5 nitrogen and oxygen atoms in total. The average Bonchev–Trinajstić information content (AvgIpc) is 2.47. The molecule has 1 heterocycles. The van der Waals surface area contributed by atoms with Crippen LogP contribution in [0.4, 0.5) is 0 Å². The summed E-state index contributed by atoms with van der Waals surface area (Å²) in [6, 6.07) is 6.72. The summed E-state index contributed by atoms with van der Waals surface area (Å²) in [7, 11) is 0. The molecule has 0 spiro atoms. The summed E-state index contributed by atoms with van der Waals surface area (Å²) in [6.45, 7) is 4.03. The topological polar surface area (TPSA) is 66.6 Å². The lowest BCUT2D eigenvalue weighted by Gasteiger charge is -2.35. The zero-order chi connectivity index (χ0) is 15.4. The lowest BCUT2D eigenvalue weighted by atomic mass is 10.1. The van der Waals surface area contributed by atoms with Crippen molar-refractivity contribution in [1.82, 2.24) is 9.80 Å². The molecular weight excluding hydrogens is 290 g/mol. The minimum atomic E-state index is -0.133. The second-order valence-electron chi connectivity index (χ2n) is 5.36. The molecule has 1 aliphatic heterocycles. The van der Waals surface area contributed by atoms with Gasteiger partial charge in [-0.15, -0.1) is 0 Å². The number of hydrogen-bond donors (Lipinski definition) is 1. The predicted octanol–water partition coefficient (Wildman–Crippen LogP) is 1.36. The molecule has 0 radical (unpaired) electrons. The molecule has 2 N–H and O–H groups in total. The minimum Gasteiger partial charge on any atom is -0.339 e. The van der Waals surface area contributed by atoms with Crippen molar-refractivity contribution in [3.8, 4) is 0 Å². The van der Waals surface area contributed by atoms with Crippen LogP contribution in [0.25, 0.3) is 0 Å². The largest absolute Gasteiger partial charge is 0.339 e. The van der Waals surface area contributed by atoms with Gasteiger partial charge in [0.15, 0.2) is 0 Å². The van der Waals surface area contributed by atoms with Crippen molar-refractivity contribution in [2.24, 2.45) is 5.73 Å². The summed E-state index contributed by atoms with van der Waals surface area (Å²) in [6.07, 6.45) is 0.352. The molecule has 1 atom stereocenters. The van der Waals surface area contributed by atoms with Crippen molar-refractivity contribution in [3.63, 3.8) is 0 Å². The van der Waals surface area contributed by atoms with Crippen molar-refractivity contribution in [2.75, 3.05) is 26.2 Å². The Balaban J connectivity index is 1.90. The van der Waals surface area contributed by atoms with Crippen molar-refractivity contribution < 1.29 is 9.59 Å². The first kappa shape index (κ1) is 15.8. The fourth-order valence-corrected chi connectivity index (χ4v) is 2.46. The van der Waals surface area contributed by atoms with Crippen molar-refractivity contribution in [2.45, 2.75) is 19.4 Å². The van der Waals surface area contributed by atoms with E-state index in [1.165, 1.54) is 0 Å². The van der Waals surface area contributed by atoms with Crippen LogP contribution in [0, 0.1) is 0 Å². The fraction of sp³-hybridized carbons (Fsp3) is 0.467. The van der Waals surface area contributed by atoms with Gasteiger partial charge in [0.1, 0.15) is 0 Å². The van der Waals surface area contributed by atoms with E-state index in [0.717, 1.165) is 0 Å². The number of rotatable bonds is 3. The molecule has 21 heavy (non-hydrogen) atoms. The van der Waals surface area contributed by atoms with E-state index in [2.05, 4.69) is 0 Å². The van der Waals surface area contributed by atoms with E-state index in [4.69, 9.17) is 17.3 Å². The van der Waals surface area contributed by atoms with E-state index in [1.54, 1.807) is 34.1 Å². The predicted molar refractivity (Wildman–Crippen MR) is 82.2 cm³/mol. The van der Waals surface area contributed by atoms with Crippen LogP contribution >= 0.6 is 11.6 Å². The molecule has 1 aromatic rings. The number of carbonyl (C=O) groups is 2. The number of piperazine rings is 1. The monoisotopic (exact) mass is 309 g/mol. The third-order valence-electron chi connectivity index (χ3n) is 3.51. The molecule has 0 aliphatic carbocycles. The van der Waals surface area contributed by atoms with Crippen LogP contribution in [0.3, 0.4) is 0 Å². The van der Waals surface area contributed by atoms with Gasteiger partial charge in [-0.05, 0) is 31.2 Å². The zero-order valence-electron chi connectivity index (χ0n) is 12.1. The van der Waals surface area contributed by atoms with Crippen molar-refractivity contribution >= 4 is 23.4 Å². The maximum absolute atomic E-state index is 12.3. The Morgan fingerprint density at radius 1 is 1.14 bits per heavy atom. The fourth-order valence-electron chi connectivity index (χ4n) is 2.34. The van der Waals surface area contributed by atoms with E-state index in [-0.39, 0.29) is 17.9 Å². The van der Waals surface area contributed by atoms with Gasteiger partial charge in [-0.25, -0.2) is 0 Å². The highest BCUT2D eigenvalue weighted by molar-refractivity contribution is 6.30. The minimum absolute atomic E-state index is 0.0223. The number of benzene rings is 1. The molecule has 6 heteroatoms. The van der Waals surface area contributed by atoms with Crippen LogP contribution in [0.15, 0.2) is 24.3 Å². The molecule has 0 aromatic heterocycles. The molecule has 114 valence electrons. The number of nitrogens with two attached hydrogens (primary N) is 1. The summed E-state index contributed by atoms with van der Waals surface area (Å²) in [5, 5.41) is 0.609. The first-order chi connectivity index (χ1) is 9.97. The molecule has 1 fully saturated rings. The molecule has 2 amide bonds. The van der Waals surface area contributed by atoms with Crippen LogP contribution in [0.2, 0.25) is 5.02 Å². The Bertz CT molecular complexity index is 508. The van der Waals surface area contributed by atoms with Crippen LogP contribution in [0.5, 0.6) is 0 Å². The molecule has 1 unspecified atom stereocenters. The first-order valence-electron chi connectivity index (χ1n) is 7.05. The lowest BCUT2D eigenvalue weighted by Crippen LogP contribution is -2.51. The van der Waals surface area contributed by atoms with E-state index in [1.807, 2.05) is 6.92 Å². The number of hydrogen-bond acceptors (Lipinski definition) is 3. The number of halogens is 1. The standard InChI is InChI=1S/C15H20ClN3O2/c1-11(17)10-14(20)18-6-8-19(9-7-18)15(21)12-2-4-13(16)5-3-12/h2-5,11H,6-10,17H2,1H3. The quantitative estimate of drug-likeness (QED) is 0.917. The van der Waals surface area contributed by atoms with Crippen LogP contribution in [-0.2, 0) is 4.79 Å². The number of nitrogens with zero attached hydrogens (tertiary/aromatic N) is 2. The third kappa shape index (κ3) is 4.19. The molecule has 1 aromatic carbocycles. The van der Waals surface area contributed by atoms with Crippen LogP contribution in [-0.4, -0.2) is 53.8 Å². The SMILES string of the molecule is CC(N)CC(=O)N1CCN(C(=O)c2ccc(Cl)cc2)CC1. The molecule has 0 saturated carbocycles. The highest BCUT2D eigenvalue weighted by atomic mass is 35.5. The second-order valence-corrected chi connectivity index (χ2v) is 5.80. The third-order valence-corrected chi connectivity index (χ3v) is 3.76. The Labute approximate surface area is 129 Å². The van der Waals surface area contributed by atoms with E-state index in [9.17, 15) is 9.59 Å². The lowest BCUT2D eigenvalue weighted by molar-refractivity contribution is -0.132. The maximum atomic E-state index is 12.3. The van der Waals surface area contributed by atoms with E-state index >= 15 is 0 Å². The summed E-state index contributed by atoms with van der Waals surface area (Å²) in [5.41, 5.74) is 6.26. The smallest absolute Gasteiger partial charge is 0.253 e. The Kier molecular flexibility index (Phi) is 5.20. The van der Waals surface area contributed by atoms with Gasteiger partial charge in [-0.1, -0.05) is 11.6 Å². The average molecular weight is 310 g/mol. The van der Waals surface area contributed by atoms with Gasteiger partial charge in [-0.2, -0.15) is 0 Å². The Hall–Kier alpha value is -1.59. The summed E-state index contributed by atoms with van der Waals surface area (Å²) in [4.78, 5) is 27.8. The molecular formula is C15H20ClN3O2. The molecule has 1 saturated heterocycles. The van der Waals surface area contributed by atoms with Gasteiger partial charge in [0.2, 0.25) is 5.91 Å². The van der Waals surface area contributed by atoms with Gasteiger partial charge in [-0.3, -0.25) is 9.59 Å². The zero-order valence-corrected chi connectivity index (χ0v) is 12.8. The van der Waals surface area contributed by atoms with Crippen LogP contribution < -0.4 is 5.73 Å². The van der Waals surface area contributed by atoms with Gasteiger partial charge in [0.05, 0.1) is 0 Å². The molecule has 1 aliphatic rings. The van der Waals surface area contributed by atoms with Gasteiger partial charge in [0.25, 0.3) is 5.91 Å². The van der Waals surface area contributed by atoms with Crippen LogP contribution in [0.1, 0.15) is 23.7 Å². The van der Waals surface area contributed by atoms with E-state index in [0.29, 0.717) is 43.2 Å². The summed E-state index contributed by atoms with van der Waals surface area (Å²) >= 11 is 5.82. The van der Waals surface area contributed by atoms with Crippen molar-refractivity contribution in [3.05, 3.63) is 34.9 Å². The van der Waals surface area contributed by atoms with E-state index < -0.39 is 0 Å². The molecule has 2 rings (SSSR count). The molecule has 0 bridgehead atoms. The summed E-state index contributed by atoms with van der Waals surface area (Å²) in [5.74, 6) is 0.0366. The van der Waals surface area contributed by atoms with Gasteiger partial charge >= 0.3 is 0 Å².